The highest BCUT2D eigenvalue weighted by Gasteiger charge is 2.23. The molecule has 3 rings (SSSR count). The van der Waals surface area contributed by atoms with Crippen molar-refractivity contribution in [2.24, 2.45) is 0 Å². The van der Waals surface area contributed by atoms with Gasteiger partial charge < -0.3 is 10.3 Å². The van der Waals surface area contributed by atoms with Crippen LogP contribution in [0, 0.1) is 0 Å². The summed E-state index contributed by atoms with van der Waals surface area (Å²) in [6.45, 7) is 0. The molecule has 1 aromatic heterocycles. The Bertz CT molecular complexity index is 551. The number of hydrogen-bond donors (Lipinski definition) is 1. The molecular formula is C12H11BrN2OS. The van der Waals surface area contributed by atoms with E-state index in [0.717, 1.165) is 15.3 Å². The van der Waals surface area contributed by atoms with E-state index in [2.05, 4.69) is 27.2 Å². The Morgan fingerprint density at radius 2 is 2.18 bits per heavy atom. The maximum Gasteiger partial charge on any atom is 0.169 e. The maximum atomic E-state index is 5.54. The molecule has 0 radical (unpaired) electrons. The number of hydrogen-bond acceptors (Lipinski definition) is 4. The fourth-order valence-corrected chi connectivity index (χ4v) is 3.25. The van der Waals surface area contributed by atoms with Crippen LogP contribution in [0.5, 0.6) is 0 Å². The van der Waals surface area contributed by atoms with Gasteiger partial charge in [0.05, 0.1) is 0 Å². The number of aromatic nitrogens is 1. The van der Waals surface area contributed by atoms with Crippen molar-refractivity contribution >= 4 is 33.5 Å². The Labute approximate surface area is 112 Å². The lowest BCUT2D eigenvalue weighted by molar-refractivity contribution is 0.436. The monoisotopic (exact) mass is 310 g/mol. The second-order valence-electron chi connectivity index (χ2n) is 4.08. The van der Waals surface area contributed by atoms with Crippen molar-refractivity contribution in [2.75, 3.05) is 5.73 Å². The number of anilines is 1. The van der Waals surface area contributed by atoms with Gasteiger partial charge in [-0.2, -0.15) is 0 Å². The summed E-state index contributed by atoms with van der Waals surface area (Å²) in [7, 11) is 0. The van der Waals surface area contributed by atoms with Crippen molar-refractivity contribution in [3.05, 3.63) is 28.7 Å². The van der Waals surface area contributed by atoms with Crippen LogP contribution in [0.25, 0.3) is 11.3 Å². The minimum absolute atomic E-state index is 0.410. The second kappa shape index (κ2) is 4.38. The average Bonchev–Trinajstić information content (AvgIpc) is 3.02. The van der Waals surface area contributed by atoms with Crippen LogP contribution in [0.3, 0.4) is 0 Å². The summed E-state index contributed by atoms with van der Waals surface area (Å²) >= 11 is 5.52. The molecule has 1 saturated carbocycles. The lowest BCUT2D eigenvalue weighted by atomic mass is 10.2. The molecule has 3 nitrogen and oxygen atoms in total. The first-order valence-corrected chi connectivity index (χ1v) is 7.08. The summed E-state index contributed by atoms with van der Waals surface area (Å²) in [6.07, 6.45) is 2.66. The number of thioether (sulfide) groups is 1. The Balaban J connectivity index is 1.89. The van der Waals surface area contributed by atoms with E-state index >= 15 is 0 Å². The van der Waals surface area contributed by atoms with E-state index < -0.39 is 0 Å². The van der Waals surface area contributed by atoms with Gasteiger partial charge >= 0.3 is 0 Å². The minimum Gasteiger partial charge on any atom is -0.381 e. The highest BCUT2D eigenvalue weighted by molar-refractivity contribution is 9.10. The molecule has 1 aliphatic rings. The smallest absolute Gasteiger partial charge is 0.169 e. The predicted molar refractivity (Wildman–Crippen MR) is 72.9 cm³/mol. The summed E-state index contributed by atoms with van der Waals surface area (Å²) in [5, 5.41) is 4.49. The first-order chi connectivity index (χ1) is 8.22. The summed E-state index contributed by atoms with van der Waals surface area (Å²) < 4.78 is 6.23. The molecule has 5 heteroatoms. The molecule has 0 atom stereocenters. The summed E-state index contributed by atoms with van der Waals surface area (Å²) in [5.41, 5.74) is 6.52. The zero-order valence-corrected chi connectivity index (χ0v) is 11.4. The number of nitrogens with two attached hydrogens (primary N) is 1. The molecule has 0 bridgehead atoms. The molecule has 17 heavy (non-hydrogen) atoms. The topological polar surface area (TPSA) is 52.0 Å². The molecule has 1 fully saturated rings. The lowest BCUT2D eigenvalue weighted by Gasteiger charge is -2.04. The quantitative estimate of drug-likeness (QED) is 0.933. The highest BCUT2D eigenvalue weighted by Crippen LogP contribution is 2.42. The molecular weight excluding hydrogens is 300 g/mol. The first kappa shape index (κ1) is 11.2. The first-order valence-electron chi connectivity index (χ1n) is 5.41. The molecule has 2 N–H and O–H groups in total. The summed E-state index contributed by atoms with van der Waals surface area (Å²) in [6, 6.07) is 7.93. The third kappa shape index (κ3) is 2.50. The Morgan fingerprint density at radius 3 is 2.76 bits per heavy atom. The zero-order chi connectivity index (χ0) is 11.8. The van der Waals surface area contributed by atoms with Gasteiger partial charge in [-0.3, -0.25) is 0 Å². The molecule has 0 spiro atoms. The van der Waals surface area contributed by atoms with Crippen molar-refractivity contribution in [1.82, 2.24) is 5.16 Å². The van der Waals surface area contributed by atoms with Gasteiger partial charge in [-0.15, -0.1) is 11.8 Å². The number of nitrogen functional groups attached to an aromatic ring is 1. The van der Waals surface area contributed by atoms with Crippen molar-refractivity contribution in [3.63, 3.8) is 0 Å². The van der Waals surface area contributed by atoms with Gasteiger partial charge in [0.1, 0.15) is 0 Å². The number of rotatable bonds is 3. The number of nitrogens with zero attached hydrogens (tertiary/aromatic N) is 1. The minimum atomic E-state index is 0.410. The van der Waals surface area contributed by atoms with Gasteiger partial charge in [0.2, 0.25) is 0 Å². The van der Waals surface area contributed by atoms with Gasteiger partial charge in [-0.1, -0.05) is 5.16 Å². The lowest BCUT2D eigenvalue weighted by Crippen LogP contribution is -1.81. The fourth-order valence-electron chi connectivity index (χ4n) is 1.54. The molecule has 1 aromatic carbocycles. The van der Waals surface area contributed by atoms with Crippen LogP contribution in [0.4, 0.5) is 5.82 Å². The average molecular weight is 311 g/mol. The van der Waals surface area contributed by atoms with Crippen LogP contribution < -0.4 is 5.73 Å². The van der Waals surface area contributed by atoms with Crippen molar-refractivity contribution < 1.29 is 4.52 Å². The van der Waals surface area contributed by atoms with Crippen LogP contribution in [-0.4, -0.2) is 10.4 Å². The van der Waals surface area contributed by atoms with E-state index in [1.54, 1.807) is 6.07 Å². The predicted octanol–water partition coefficient (Wildman–Crippen LogP) is 3.94. The molecule has 2 aromatic rings. The van der Waals surface area contributed by atoms with E-state index in [-0.39, 0.29) is 0 Å². The standard InChI is InChI=1S/C12H11BrN2OS/c13-9-5-7(10-6-12(14)15-16-10)1-4-11(9)17-8-2-3-8/h1,4-6,8H,2-3H2,(H2,14,15). The highest BCUT2D eigenvalue weighted by atomic mass is 79.9. The van der Waals surface area contributed by atoms with Gasteiger partial charge in [0, 0.05) is 26.2 Å². The van der Waals surface area contributed by atoms with Crippen LogP contribution in [0.2, 0.25) is 0 Å². The van der Waals surface area contributed by atoms with Crippen LogP contribution >= 0.6 is 27.7 Å². The molecule has 0 amide bonds. The van der Waals surface area contributed by atoms with Crippen LogP contribution in [-0.2, 0) is 0 Å². The maximum absolute atomic E-state index is 5.54. The third-order valence-corrected chi connectivity index (χ3v) is 4.90. The Kier molecular flexibility index (Phi) is 2.88. The molecule has 1 heterocycles. The Morgan fingerprint density at radius 1 is 1.35 bits per heavy atom. The Hall–Kier alpha value is -0.940. The molecule has 1 aliphatic carbocycles. The van der Waals surface area contributed by atoms with Crippen molar-refractivity contribution in [1.29, 1.82) is 0 Å². The normalized spacial score (nSPS) is 15.1. The van der Waals surface area contributed by atoms with Crippen LogP contribution in [0.15, 0.2) is 38.2 Å². The van der Waals surface area contributed by atoms with E-state index in [9.17, 15) is 0 Å². The van der Waals surface area contributed by atoms with Gasteiger partial charge in [-0.05, 0) is 47.0 Å². The van der Waals surface area contributed by atoms with Crippen LogP contribution in [0.1, 0.15) is 12.8 Å². The van der Waals surface area contributed by atoms with E-state index in [0.29, 0.717) is 11.6 Å². The van der Waals surface area contributed by atoms with Crippen molar-refractivity contribution in [3.8, 4) is 11.3 Å². The molecule has 88 valence electrons. The van der Waals surface area contributed by atoms with Gasteiger partial charge in [0.15, 0.2) is 11.6 Å². The molecule has 0 saturated heterocycles. The summed E-state index contributed by atoms with van der Waals surface area (Å²) in [5.74, 6) is 1.11. The summed E-state index contributed by atoms with van der Waals surface area (Å²) in [4.78, 5) is 1.28. The number of benzene rings is 1. The fraction of sp³-hybridized carbons (Fsp3) is 0.250. The zero-order valence-electron chi connectivity index (χ0n) is 9.02. The van der Waals surface area contributed by atoms with E-state index in [1.807, 2.05) is 23.9 Å². The third-order valence-electron chi connectivity index (χ3n) is 2.56. The van der Waals surface area contributed by atoms with Crippen molar-refractivity contribution in [2.45, 2.75) is 23.0 Å². The van der Waals surface area contributed by atoms with Gasteiger partial charge in [-0.25, -0.2) is 0 Å². The van der Waals surface area contributed by atoms with Gasteiger partial charge in [0.25, 0.3) is 0 Å². The second-order valence-corrected chi connectivity index (χ2v) is 6.27. The SMILES string of the molecule is Nc1cc(-c2ccc(SC3CC3)c(Br)c2)on1. The molecule has 0 unspecified atom stereocenters. The largest absolute Gasteiger partial charge is 0.381 e. The van der Waals surface area contributed by atoms with E-state index in [1.165, 1.54) is 17.7 Å². The van der Waals surface area contributed by atoms with E-state index in [4.69, 9.17) is 10.3 Å². The molecule has 0 aliphatic heterocycles. The number of halogens is 1.